The zero-order valence-corrected chi connectivity index (χ0v) is 10.0. The molecule has 1 heterocycles. The summed E-state index contributed by atoms with van der Waals surface area (Å²) in [5, 5.41) is 7.71. The lowest BCUT2D eigenvalue weighted by Crippen LogP contribution is -1.98. The lowest BCUT2D eigenvalue weighted by Gasteiger charge is -2.05. The fourth-order valence-corrected chi connectivity index (χ4v) is 1.93. The SMILES string of the molecule is FCCOc1ccc(-c2cccc3nonc23)cc1. The van der Waals surface area contributed by atoms with Gasteiger partial charge in [0, 0.05) is 5.56 Å². The van der Waals surface area contributed by atoms with E-state index in [0.29, 0.717) is 5.75 Å². The maximum absolute atomic E-state index is 12.0. The molecule has 0 spiro atoms. The average Bonchev–Trinajstić information content (AvgIpc) is 2.94. The molecule has 2 aromatic carbocycles. The van der Waals surface area contributed by atoms with Crippen LogP contribution in [0.4, 0.5) is 4.39 Å². The second kappa shape index (κ2) is 5.06. The highest BCUT2D eigenvalue weighted by Crippen LogP contribution is 2.27. The zero-order chi connectivity index (χ0) is 13.1. The number of hydrogen-bond donors (Lipinski definition) is 0. The van der Waals surface area contributed by atoms with Crippen LogP contribution in [0.2, 0.25) is 0 Å². The molecule has 0 unspecified atom stereocenters. The summed E-state index contributed by atoms with van der Waals surface area (Å²) in [6.45, 7) is -0.423. The van der Waals surface area contributed by atoms with Crippen molar-refractivity contribution in [3.05, 3.63) is 42.5 Å². The molecule has 0 saturated heterocycles. The number of halogens is 1. The van der Waals surface area contributed by atoms with E-state index in [1.165, 1.54) is 0 Å². The Balaban J connectivity index is 1.95. The zero-order valence-electron chi connectivity index (χ0n) is 10.0. The summed E-state index contributed by atoms with van der Waals surface area (Å²) in [7, 11) is 0. The quantitative estimate of drug-likeness (QED) is 0.720. The van der Waals surface area contributed by atoms with Crippen molar-refractivity contribution >= 4 is 11.0 Å². The van der Waals surface area contributed by atoms with Crippen LogP contribution in [0.25, 0.3) is 22.2 Å². The van der Waals surface area contributed by atoms with Gasteiger partial charge in [-0.1, -0.05) is 24.3 Å². The van der Waals surface area contributed by atoms with Crippen LogP contribution in [0.5, 0.6) is 5.75 Å². The van der Waals surface area contributed by atoms with Crippen molar-refractivity contribution in [2.75, 3.05) is 13.3 Å². The van der Waals surface area contributed by atoms with E-state index >= 15 is 0 Å². The molecular weight excluding hydrogens is 247 g/mol. The molecule has 0 radical (unpaired) electrons. The Labute approximate surface area is 108 Å². The highest BCUT2D eigenvalue weighted by molar-refractivity contribution is 5.90. The summed E-state index contributed by atoms with van der Waals surface area (Å²) in [6, 6.07) is 13.1. The lowest BCUT2D eigenvalue weighted by molar-refractivity contribution is 0.273. The number of hydrogen-bond acceptors (Lipinski definition) is 4. The van der Waals surface area contributed by atoms with E-state index in [0.717, 1.165) is 22.2 Å². The van der Waals surface area contributed by atoms with Crippen molar-refractivity contribution in [2.24, 2.45) is 0 Å². The monoisotopic (exact) mass is 258 g/mol. The second-order valence-corrected chi connectivity index (χ2v) is 4.00. The molecule has 0 aliphatic rings. The van der Waals surface area contributed by atoms with Crippen molar-refractivity contribution in [2.45, 2.75) is 0 Å². The maximum atomic E-state index is 12.0. The third-order valence-corrected chi connectivity index (χ3v) is 2.80. The molecule has 3 aromatic rings. The standard InChI is InChI=1S/C14H11FN2O2/c15-8-9-18-11-6-4-10(5-7-11)12-2-1-3-13-14(12)17-19-16-13/h1-7H,8-9H2. The van der Waals surface area contributed by atoms with Crippen LogP contribution in [0.15, 0.2) is 47.1 Å². The van der Waals surface area contributed by atoms with Crippen LogP contribution in [-0.2, 0) is 0 Å². The third kappa shape index (κ3) is 2.27. The molecule has 4 nitrogen and oxygen atoms in total. The van der Waals surface area contributed by atoms with Crippen LogP contribution >= 0.6 is 0 Å². The van der Waals surface area contributed by atoms with Gasteiger partial charge in [-0.2, -0.15) is 0 Å². The van der Waals surface area contributed by atoms with E-state index in [-0.39, 0.29) is 6.61 Å². The van der Waals surface area contributed by atoms with E-state index in [1.54, 1.807) is 12.1 Å². The molecular formula is C14H11FN2O2. The number of ether oxygens (including phenoxy) is 1. The van der Waals surface area contributed by atoms with Gasteiger partial charge in [0.15, 0.2) is 0 Å². The van der Waals surface area contributed by atoms with Crippen LogP contribution in [0.1, 0.15) is 0 Å². The van der Waals surface area contributed by atoms with Crippen LogP contribution in [-0.4, -0.2) is 23.6 Å². The minimum atomic E-state index is -0.494. The summed E-state index contributed by atoms with van der Waals surface area (Å²) in [4.78, 5) is 0. The highest BCUT2D eigenvalue weighted by Gasteiger charge is 2.08. The molecule has 0 saturated carbocycles. The molecule has 0 aliphatic carbocycles. The van der Waals surface area contributed by atoms with Gasteiger partial charge in [-0.15, -0.1) is 0 Å². The lowest BCUT2D eigenvalue weighted by atomic mass is 10.0. The molecule has 5 heteroatoms. The fourth-order valence-electron chi connectivity index (χ4n) is 1.93. The molecule has 0 fully saturated rings. The Kier molecular flexibility index (Phi) is 3.10. The first kappa shape index (κ1) is 11.6. The number of nitrogens with zero attached hydrogens (tertiary/aromatic N) is 2. The summed E-state index contributed by atoms with van der Waals surface area (Å²) >= 11 is 0. The predicted molar refractivity (Wildman–Crippen MR) is 68.7 cm³/mol. The van der Waals surface area contributed by atoms with Crippen molar-refractivity contribution in [3.8, 4) is 16.9 Å². The molecule has 1 aromatic heterocycles. The summed E-state index contributed by atoms with van der Waals surface area (Å²) in [5.74, 6) is 0.645. The molecule has 96 valence electrons. The summed E-state index contributed by atoms with van der Waals surface area (Å²) < 4.78 is 21.9. The molecule has 0 N–H and O–H groups in total. The Morgan fingerprint density at radius 3 is 2.68 bits per heavy atom. The van der Waals surface area contributed by atoms with Gasteiger partial charge in [0.25, 0.3) is 0 Å². The smallest absolute Gasteiger partial charge is 0.143 e. The summed E-state index contributed by atoms with van der Waals surface area (Å²) in [6.07, 6.45) is 0. The Bertz CT molecular complexity index is 679. The van der Waals surface area contributed by atoms with Crippen molar-refractivity contribution in [1.82, 2.24) is 10.3 Å². The maximum Gasteiger partial charge on any atom is 0.143 e. The van der Waals surface area contributed by atoms with Gasteiger partial charge in [-0.25, -0.2) is 9.02 Å². The summed E-state index contributed by atoms with van der Waals surface area (Å²) in [5.41, 5.74) is 3.36. The van der Waals surface area contributed by atoms with Gasteiger partial charge in [0.1, 0.15) is 30.1 Å². The fraction of sp³-hybridized carbons (Fsp3) is 0.143. The van der Waals surface area contributed by atoms with Crippen molar-refractivity contribution in [1.29, 1.82) is 0 Å². The van der Waals surface area contributed by atoms with Crippen LogP contribution in [0, 0.1) is 0 Å². The molecule has 0 bridgehead atoms. The predicted octanol–water partition coefficient (Wildman–Crippen LogP) is 3.24. The Morgan fingerprint density at radius 2 is 1.89 bits per heavy atom. The molecule has 19 heavy (non-hydrogen) atoms. The van der Waals surface area contributed by atoms with E-state index in [1.807, 2.05) is 30.3 Å². The number of alkyl halides is 1. The first-order valence-corrected chi connectivity index (χ1v) is 5.89. The minimum Gasteiger partial charge on any atom is -0.491 e. The third-order valence-electron chi connectivity index (χ3n) is 2.80. The number of aromatic nitrogens is 2. The first-order chi connectivity index (χ1) is 9.38. The van der Waals surface area contributed by atoms with Gasteiger partial charge in [0.05, 0.1) is 0 Å². The molecule has 0 amide bonds. The molecule has 0 aliphatic heterocycles. The van der Waals surface area contributed by atoms with E-state index < -0.39 is 6.67 Å². The van der Waals surface area contributed by atoms with E-state index in [2.05, 4.69) is 10.3 Å². The largest absolute Gasteiger partial charge is 0.491 e. The van der Waals surface area contributed by atoms with Crippen LogP contribution < -0.4 is 4.74 Å². The normalized spacial score (nSPS) is 10.8. The van der Waals surface area contributed by atoms with Crippen molar-refractivity contribution in [3.63, 3.8) is 0 Å². The van der Waals surface area contributed by atoms with Crippen LogP contribution in [0.3, 0.4) is 0 Å². The minimum absolute atomic E-state index is 0.0716. The molecule has 3 rings (SSSR count). The Hall–Kier alpha value is -2.43. The number of fused-ring (bicyclic) bond motifs is 1. The average molecular weight is 258 g/mol. The van der Waals surface area contributed by atoms with Crippen molar-refractivity contribution < 1.29 is 13.8 Å². The number of rotatable bonds is 4. The van der Waals surface area contributed by atoms with Gasteiger partial charge in [-0.05, 0) is 34.1 Å². The van der Waals surface area contributed by atoms with E-state index in [4.69, 9.17) is 9.37 Å². The topological polar surface area (TPSA) is 48.2 Å². The van der Waals surface area contributed by atoms with Gasteiger partial charge < -0.3 is 4.74 Å². The van der Waals surface area contributed by atoms with E-state index in [9.17, 15) is 4.39 Å². The molecule has 0 atom stereocenters. The van der Waals surface area contributed by atoms with Gasteiger partial charge in [-0.3, -0.25) is 0 Å². The van der Waals surface area contributed by atoms with Gasteiger partial charge >= 0.3 is 0 Å². The highest BCUT2D eigenvalue weighted by atomic mass is 19.1. The number of benzene rings is 2. The first-order valence-electron chi connectivity index (χ1n) is 5.89. The van der Waals surface area contributed by atoms with Gasteiger partial charge in [0.2, 0.25) is 0 Å². The second-order valence-electron chi connectivity index (χ2n) is 4.00. The Morgan fingerprint density at radius 1 is 1.05 bits per heavy atom.